The van der Waals surface area contributed by atoms with Gasteiger partial charge in [-0.1, -0.05) is 0 Å². The van der Waals surface area contributed by atoms with Gasteiger partial charge in [-0.2, -0.15) is 0 Å². The normalized spacial score (nSPS) is 14.6. The van der Waals surface area contributed by atoms with Gasteiger partial charge in [0.1, 0.15) is 0 Å². The first-order valence-corrected chi connectivity index (χ1v) is 5.92. The van der Waals surface area contributed by atoms with Gasteiger partial charge in [0.15, 0.2) is 5.11 Å². The molecule has 1 amide bonds. The monoisotopic (exact) mass is 264 g/mol. The second-order valence-corrected chi connectivity index (χ2v) is 4.04. The van der Waals surface area contributed by atoms with E-state index in [4.69, 9.17) is 17.0 Å². The fourth-order valence-electron chi connectivity index (χ4n) is 1.64. The molecule has 5 nitrogen and oxygen atoms in total. The van der Waals surface area contributed by atoms with Gasteiger partial charge in [0.25, 0.3) is 5.91 Å². The van der Waals surface area contributed by atoms with E-state index in [0.717, 1.165) is 0 Å². The summed E-state index contributed by atoms with van der Waals surface area (Å²) in [4.78, 5) is 24.5. The number of carbonyl (C=O) groups excluding carboxylic acids is 2. The van der Waals surface area contributed by atoms with Gasteiger partial charge >= 0.3 is 5.97 Å². The second-order valence-electron chi connectivity index (χ2n) is 3.66. The van der Waals surface area contributed by atoms with Crippen molar-refractivity contribution in [2.24, 2.45) is 0 Å². The average Bonchev–Trinajstić information content (AvgIpc) is 2.70. The number of rotatable bonds is 3. The van der Waals surface area contributed by atoms with Crippen LogP contribution in [0.15, 0.2) is 24.3 Å². The SMILES string of the molecule is CCOC(=O)c1ccc(N2C(=O)CNC2=S)cc1. The van der Waals surface area contributed by atoms with Crippen molar-refractivity contribution in [3.8, 4) is 0 Å². The molecule has 6 heteroatoms. The molecule has 1 aliphatic heterocycles. The van der Waals surface area contributed by atoms with Crippen LogP contribution in [0.1, 0.15) is 17.3 Å². The molecule has 0 radical (unpaired) electrons. The fraction of sp³-hybridized carbons (Fsp3) is 0.250. The van der Waals surface area contributed by atoms with E-state index in [-0.39, 0.29) is 18.4 Å². The molecule has 1 N–H and O–H groups in total. The van der Waals surface area contributed by atoms with Crippen LogP contribution in [0.25, 0.3) is 0 Å². The number of carbonyl (C=O) groups is 2. The number of amides is 1. The summed E-state index contributed by atoms with van der Waals surface area (Å²) in [5.41, 5.74) is 1.09. The van der Waals surface area contributed by atoms with Crippen molar-refractivity contribution in [2.45, 2.75) is 6.92 Å². The lowest BCUT2D eigenvalue weighted by Gasteiger charge is -2.14. The molecule has 1 aliphatic rings. The maximum absolute atomic E-state index is 11.6. The number of esters is 1. The van der Waals surface area contributed by atoms with E-state index in [0.29, 0.717) is 23.0 Å². The lowest BCUT2D eigenvalue weighted by molar-refractivity contribution is -0.115. The average molecular weight is 264 g/mol. The van der Waals surface area contributed by atoms with Crippen LogP contribution < -0.4 is 10.2 Å². The van der Waals surface area contributed by atoms with Crippen molar-refractivity contribution >= 4 is 34.9 Å². The molecule has 0 bridgehead atoms. The smallest absolute Gasteiger partial charge is 0.338 e. The number of hydrogen-bond donors (Lipinski definition) is 1. The number of benzene rings is 1. The van der Waals surface area contributed by atoms with Crippen LogP contribution in [0.2, 0.25) is 0 Å². The number of thiocarbonyl (C=S) groups is 1. The van der Waals surface area contributed by atoms with Gasteiger partial charge in [-0.3, -0.25) is 9.69 Å². The minimum Gasteiger partial charge on any atom is -0.462 e. The summed E-state index contributed by atoms with van der Waals surface area (Å²) in [6.07, 6.45) is 0. The van der Waals surface area contributed by atoms with Crippen LogP contribution in [0.3, 0.4) is 0 Å². The molecule has 0 aromatic heterocycles. The third-order valence-electron chi connectivity index (χ3n) is 2.48. The molecule has 1 heterocycles. The molecule has 0 unspecified atom stereocenters. The molecule has 0 aliphatic carbocycles. The van der Waals surface area contributed by atoms with Crippen LogP contribution in [0, 0.1) is 0 Å². The van der Waals surface area contributed by atoms with Gasteiger partial charge in [0.05, 0.1) is 24.4 Å². The Bertz CT molecular complexity index is 483. The van der Waals surface area contributed by atoms with Crippen LogP contribution in [0.4, 0.5) is 5.69 Å². The van der Waals surface area contributed by atoms with Crippen molar-refractivity contribution in [1.82, 2.24) is 5.32 Å². The number of nitrogens with one attached hydrogen (secondary N) is 1. The second kappa shape index (κ2) is 5.14. The van der Waals surface area contributed by atoms with Gasteiger partial charge in [0, 0.05) is 0 Å². The maximum Gasteiger partial charge on any atom is 0.338 e. The molecule has 1 aromatic rings. The Labute approximate surface area is 110 Å². The zero-order chi connectivity index (χ0) is 13.1. The molecule has 94 valence electrons. The first-order chi connectivity index (χ1) is 8.63. The van der Waals surface area contributed by atoms with Gasteiger partial charge in [-0.05, 0) is 43.4 Å². The van der Waals surface area contributed by atoms with Gasteiger partial charge in [-0.25, -0.2) is 4.79 Å². The zero-order valence-electron chi connectivity index (χ0n) is 9.80. The molecule has 0 saturated carbocycles. The van der Waals surface area contributed by atoms with Crippen LogP contribution in [0.5, 0.6) is 0 Å². The highest BCUT2D eigenvalue weighted by Gasteiger charge is 2.26. The number of ether oxygens (including phenoxy) is 1. The molecule has 18 heavy (non-hydrogen) atoms. The minimum atomic E-state index is -0.377. The summed E-state index contributed by atoms with van der Waals surface area (Å²) in [6, 6.07) is 6.57. The first kappa shape index (κ1) is 12.5. The highest BCUT2D eigenvalue weighted by Crippen LogP contribution is 2.18. The summed E-state index contributed by atoms with van der Waals surface area (Å²) in [7, 11) is 0. The predicted molar refractivity (Wildman–Crippen MR) is 70.5 cm³/mol. The molecule has 1 fully saturated rings. The summed E-state index contributed by atoms with van der Waals surface area (Å²) in [5, 5.41) is 3.17. The molecule has 0 atom stereocenters. The van der Waals surface area contributed by atoms with Gasteiger partial charge in [0.2, 0.25) is 0 Å². The van der Waals surface area contributed by atoms with Crippen molar-refractivity contribution in [3.05, 3.63) is 29.8 Å². The summed E-state index contributed by atoms with van der Waals surface area (Å²) in [5.74, 6) is -0.485. The lowest BCUT2D eigenvalue weighted by atomic mass is 10.2. The van der Waals surface area contributed by atoms with Gasteiger partial charge < -0.3 is 10.1 Å². The van der Waals surface area contributed by atoms with Crippen LogP contribution in [-0.4, -0.2) is 30.1 Å². The van der Waals surface area contributed by atoms with Crippen molar-refractivity contribution in [3.63, 3.8) is 0 Å². The highest BCUT2D eigenvalue weighted by atomic mass is 32.1. The third-order valence-corrected chi connectivity index (χ3v) is 2.81. The molecule has 0 spiro atoms. The van der Waals surface area contributed by atoms with Crippen LogP contribution in [-0.2, 0) is 9.53 Å². The first-order valence-electron chi connectivity index (χ1n) is 5.51. The Balaban J connectivity index is 2.20. The maximum atomic E-state index is 11.6. The summed E-state index contributed by atoms with van der Waals surface area (Å²) < 4.78 is 4.88. The lowest BCUT2D eigenvalue weighted by Crippen LogP contribution is -2.30. The quantitative estimate of drug-likeness (QED) is 0.654. The van der Waals surface area contributed by atoms with E-state index in [1.54, 1.807) is 31.2 Å². The van der Waals surface area contributed by atoms with Crippen LogP contribution >= 0.6 is 12.2 Å². The number of nitrogens with zero attached hydrogens (tertiary/aromatic N) is 1. The minimum absolute atomic E-state index is 0.108. The molecular formula is C12H12N2O3S. The number of hydrogen-bond acceptors (Lipinski definition) is 4. The number of anilines is 1. The molecule has 2 rings (SSSR count). The Morgan fingerprint density at radius 1 is 1.44 bits per heavy atom. The van der Waals surface area contributed by atoms with Crippen molar-refractivity contribution in [1.29, 1.82) is 0 Å². The van der Waals surface area contributed by atoms with E-state index in [9.17, 15) is 9.59 Å². The molecule has 1 aromatic carbocycles. The van der Waals surface area contributed by atoms with E-state index in [1.807, 2.05) is 0 Å². The summed E-state index contributed by atoms with van der Waals surface area (Å²) >= 11 is 5.03. The fourth-order valence-corrected chi connectivity index (χ4v) is 1.92. The molecular weight excluding hydrogens is 252 g/mol. The largest absolute Gasteiger partial charge is 0.462 e. The van der Waals surface area contributed by atoms with Crippen molar-refractivity contribution < 1.29 is 14.3 Å². The predicted octanol–water partition coefficient (Wildman–Crippen LogP) is 1.08. The van der Waals surface area contributed by atoms with Gasteiger partial charge in [-0.15, -0.1) is 0 Å². The highest BCUT2D eigenvalue weighted by molar-refractivity contribution is 7.80. The Morgan fingerprint density at radius 2 is 2.11 bits per heavy atom. The Hall–Kier alpha value is -1.95. The topological polar surface area (TPSA) is 58.6 Å². The van der Waals surface area contributed by atoms with Crippen molar-refractivity contribution in [2.75, 3.05) is 18.1 Å². The summed E-state index contributed by atoms with van der Waals surface area (Å²) in [6.45, 7) is 2.29. The van der Waals surface area contributed by atoms with E-state index in [2.05, 4.69) is 5.32 Å². The van der Waals surface area contributed by atoms with E-state index >= 15 is 0 Å². The third kappa shape index (κ3) is 2.33. The standard InChI is InChI=1S/C12H12N2O3S/c1-2-17-11(16)8-3-5-9(6-4-8)14-10(15)7-13-12(14)18/h3-6H,2,7H2,1H3,(H,13,18). The zero-order valence-corrected chi connectivity index (χ0v) is 10.6. The molecule has 1 saturated heterocycles. The van der Waals surface area contributed by atoms with E-state index in [1.165, 1.54) is 4.90 Å². The Morgan fingerprint density at radius 3 is 2.61 bits per heavy atom. The Kier molecular flexibility index (Phi) is 3.57. The van der Waals surface area contributed by atoms with E-state index < -0.39 is 0 Å².